The van der Waals surface area contributed by atoms with Crippen LogP contribution in [-0.4, -0.2) is 38.0 Å². The zero-order chi connectivity index (χ0) is 11.8. The van der Waals surface area contributed by atoms with Crippen LogP contribution in [-0.2, 0) is 13.0 Å². The van der Waals surface area contributed by atoms with E-state index in [1.165, 1.54) is 0 Å². The lowest BCUT2D eigenvalue weighted by atomic mass is 10.1. The number of carboxylic acids is 1. The van der Waals surface area contributed by atoms with Crippen molar-refractivity contribution in [3.05, 3.63) is 23.3 Å². The number of aromatic carboxylic acids is 1. The number of aromatic amines is 1. The van der Waals surface area contributed by atoms with E-state index in [1.807, 2.05) is 4.90 Å². The topological polar surface area (TPSA) is 108 Å². The minimum Gasteiger partial charge on any atom is -0.476 e. The van der Waals surface area contributed by atoms with Crippen LogP contribution >= 0.6 is 0 Å². The molecule has 1 aliphatic rings. The number of aromatic nitrogens is 4. The van der Waals surface area contributed by atoms with Gasteiger partial charge in [0.25, 0.3) is 6.01 Å². The Morgan fingerprint density at radius 1 is 1.59 bits per heavy atom. The van der Waals surface area contributed by atoms with Crippen LogP contribution in [0.1, 0.15) is 21.9 Å². The Balaban J connectivity index is 1.84. The van der Waals surface area contributed by atoms with Gasteiger partial charge in [-0.2, -0.15) is 4.98 Å². The highest BCUT2D eigenvalue weighted by atomic mass is 16.4. The molecule has 0 saturated carbocycles. The van der Waals surface area contributed by atoms with Gasteiger partial charge < -0.3 is 14.4 Å². The molecular formula is C9H9N5O3. The minimum absolute atomic E-state index is 0.0917. The third-order valence-electron chi connectivity index (χ3n) is 2.66. The third-order valence-corrected chi connectivity index (χ3v) is 2.66. The van der Waals surface area contributed by atoms with Gasteiger partial charge in [-0.1, -0.05) is 5.21 Å². The average molecular weight is 235 g/mol. The van der Waals surface area contributed by atoms with Gasteiger partial charge in [0.05, 0.1) is 12.2 Å². The number of hydrogen-bond donors (Lipinski definition) is 2. The van der Waals surface area contributed by atoms with Crippen LogP contribution in [0.3, 0.4) is 0 Å². The molecule has 0 saturated heterocycles. The van der Waals surface area contributed by atoms with Gasteiger partial charge in [0.15, 0.2) is 5.69 Å². The predicted octanol–water partition coefficient (Wildman–Crippen LogP) is 0.0536. The summed E-state index contributed by atoms with van der Waals surface area (Å²) < 4.78 is 5.13. The molecule has 3 heterocycles. The van der Waals surface area contributed by atoms with Crippen molar-refractivity contribution in [1.82, 2.24) is 20.4 Å². The van der Waals surface area contributed by atoms with E-state index in [9.17, 15) is 4.79 Å². The third kappa shape index (κ3) is 1.63. The number of hydrogen-bond acceptors (Lipinski definition) is 6. The Kier molecular flexibility index (Phi) is 2.07. The van der Waals surface area contributed by atoms with E-state index in [1.54, 1.807) is 0 Å². The second kappa shape index (κ2) is 3.58. The molecule has 1 aliphatic heterocycles. The predicted molar refractivity (Wildman–Crippen MR) is 54.6 cm³/mol. The molecule has 88 valence electrons. The summed E-state index contributed by atoms with van der Waals surface area (Å²) >= 11 is 0. The summed E-state index contributed by atoms with van der Waals surface area (Å²) in [7, 11) is 0. The maximum atomic E-state index is 10.7. The summed E-state index contributed by atoms with van der Waals surface area (Å²) in [5.41, 5.74) is 1.75. The number of oxazole rings is 1. The summed E-state index contributed by atoms with van der Waals surface area (Å²) in [6.45, 7) is 1.21. The quantitative estimate of drug-likeness (QED) is 0.757. The molecule has 0 unspecified atom stereocenters. The van der Waals surface area contributed by atoms with E-state index in [0.717, 1.165) is 24.1 Å². The van der Waals surface area contributed by atoms with Crippen molar-refractivity contribution in [2.24, 2.45) is 0 Å². The smallest absolute Gasteiger partial charge is 0.357 e. The molecule has 0 amide bonds. The van der Waals surface area contributed by atoms with E-state index >= 15 is 0 Å². The number of carboxylic acid groups (broad SMARTS) is 1. The summed E-state index contributed by atoms with van der Waals surface area (Å²) in [5.74, 6) is -1.10. The van der Waals surface area contributed by atoms with Crippen LogP contribution in [0.2, 0.25) is 0 Å². The number of H-pyrrole nitrogens is 1. The molecule has 2 N–H and O–H groups in total. The maximum Gasteiger partial charge on any atom is 0.357 e. The molecule has 8 nitrogen and oxygen atoms in total. The summed E-state index contributed by atoms with van der Waals surface area (Å²) in [6.07, 6.45) is 1.89. The first kappa shape index (κ1) is 9.82. The van der Waals surface area contributed by atoms with Crippen LogP contribution in [0.4, 0.5) is 6.01 Å². The van der Waals surface area contributed by atoms with E-state index in [0.29, 0.717) is 19.1 Å². The van der Waals surface area contributed by atoms with Gasteiger partial charge in [0.1, 0.15) is 12.0 Å². The van der Waals surface area contributed by atoms with Crippen LogP contribution in [0.5, 0.6) is 0 Å². The Morgan fingerprint density at radius 3 is 3.24 bits per heavy atom. The maximum absolute atomic E-state index is 10.7. The number of fused-ring (bicyclic) bond motifs is 1. The number of anilines is 1. The lowest BCUT2D eigenvalue weighted by Crippen LogP contribution is -2.30. The van der Waals surface area contributed by atoms with E-state index < -0.39 is 5.97 Å². The fourth-order valence-corrected chi connectivity index (χ4v) is 1.78. The van der Waals surface area contributed by atoms with Crippen molar-refractivity contribution in [1.29, 1.82) is 0 Å². The normalized spacial score (nSPS) is 14.7. The molecule has 3 rings (SSSR count). The molecule has 0 aliphatic carbocycles. The molecule has 0 aromatic carbocycles. The molecule has 2 aromatic heterocycles. The fraction of sp³-hybridized carbons (Fsp3) is 0.333. The lowest BCUT2D eigenvalue weighted by molar-refractivity contribution is 0.0690. The Bertz CT molecular complexity index is 560. The van der Waals surface area contributed by atoms with Crippen LogP contribution in [0.25, 0.3) is 0 Å². The Morgan fingerprint density at radius 2 is 2.47 bits per heavy atom. The van der Waals surface area contributed by atoms with E-state index in [2.05, 4.69) is 20.4 Å². The molecule has 0 bridgehead atoms. The van der Waals surface area contributed by atoms with Crippen LogP contribution < -0.4 is 4.90 Å². The van der Waals surface area contributed by atoms with Crippen LogP contribution in [0.15, 0.2) is 10.7 Å². The molecule has 8 heteroatoms. The zero-order valence-electron chi connectivity index (χ0n) is 8.75. The molecule has 0 fully saturated rings. The average Bonchev–Trinajstić information content (AvgIpc) is 2.97. The van der Waals surface area contributed by atoms with Gasteiger partial charge in [-0.05, 0) is 0 Å². The second-order valence-electron chi connectivity index (χ2n) is 3.73. The number of nitrogens with one attached hydrogen (secondary N) is 1. The van der Waals surface area contributed by atoms with Gasteiger partial charge in [0.2, 0.25) is 0 Å². The highest BCUT2D eigenvalue weighted by Gasteiger charge is 2.23. The zero-order valence-corrected chi connectivity index (χ0v) is 8.75. The van der Waals surface area contributed by atoms with Gasteiger partial charge in [0, 0.05) is 13.0 Å². The van der Waals surface area contributed by atoms with Crippen molar-refractivity contribution in [3.8, 4) is 0 Å². The first-order valence-corrected chi connectivity index (χ1v) is 5.06. The first-order valence-electron chi connectivity index (χ1n) is 5.06. The van der Waals surface area contributed by atoms with E-state index in [4.69, 9.17) is 9.52 Å². The van der Waals surface area contributed by atoms with Crippen molar-refractivity contribution in [2.75, 3.05) is 11.4 Å². The molecule has 0 atom stereocenters. The Labute approximate surface area is 95.3 Å². The Hall–Kier alpha value is -2.38. The molecular weight excluding hydrogens is 226 g/mol. The van der Waals surface area contributed by atoms with E-state index in [-0.39, 0.29) is 5.69 Å². The molecule has 2 aromatic rings. The number of nitrogens with zero attached hydrogens (tertiary/aromatic N) is 4. The van der Waals surface area contributed by atoms with Crippen molar-refractivity contribution in [2.45, 2.75) is 13.0 Å². The number of carbonyl (C=O) groups is 1. The van der Waals surface area contributed by atoms with Gasteiger partial charge >= 0.3 is 5.97 Å². The van der Waals surface area contributed by atoms with Gasteiger partial charge in [-0.3, -0.25) is 5.10 Å². The van der Waals surface area contributed by atoms with Crippen molar-refractivity contribution >= 4 is 12.0 Å². The first-order chi connectivity index (χ1) is 8.24. The minimum atomic E-state index is -1.10. The van der Waals surface area contributed by atoms with Gasteiger partial charge in [-0.25, -0.2) is 4.79 Å². The van der Waals surface area contributed by atoms with Crippen molar-refractivity contribution in [3.63, 3.8) is 0 Å². The van der Waals surface area contributed by atoms with Crippen molar-refractivity contribution < 1.29 is 14.3 Å². The monoisotopic (exact) mass is 235 g/mol. The SMILES string of the molecule is O=C(O)c1coc(N2CCc3[nH]nnc3C2)n1. The van der Waals surface area contributed by atoms with Gasteiger partial charge in [-0.15, -0.1) is 5.10 Å². The lowest BCUT2D eigenvalue weighted by Gasteiger charge is -2.23. The highest BCUT2D eigenvalue weighted by Crippen LogP contribution is 2.21. The standard InChI is InChI=1S/C9H9N5O3/c15-8(16)7-4-17-9(10-7)14-2-1-5-6(3-14)12-13-11-5/h4H,1-3H2,(H,15,16)(H,11,12,13). The largest absolute Gasteiger partial charge is 0.476 e. The van der Waals surface area contributed by atoms with Crippen LogP contribution in [0, 0.1) is 0 Å². The second-order valence-corrected chi connectivity index (χ2v) is 3.73. The molecule has 0 radical (unpaired) electrons. The summed E-state index contributed by atoms with van der Waals surface area (Å²) in [5, 5.41) is 19.2. The fourth-order valence-electron chi connectivity index (χ4n) is 1.78. The summed E-state index contributed by atoms with van der Waals surface area (Å²) in [4.78, 5) is 16.4. The molecule has 0 spiro atoms. The molecule has 17 heavy (non-hydrogen) atoms. The number of rotatable bonds is 2. The summed E-state index contributed by atoms with van der Waals surface area (Å²) in [6, 6.07) is 0.302. The highest BCUT2D eigenvalue weighted by molar-refractivity contribution is 5.85.